The third kappa shape index (κ3) is 5.22. The first-order valence-electron chi connectivity index (χ1n) is 11.3. The highest BCUT2D eigenvalue weighted by Gasteiger charge is 2.35. The molecular weight excluding hydrogens is 444 g/mol. The van der Waals surface area contributed by atoms with E-state index in [1.54, 1.807) is 29.2 Å². The molecule has 176 valence electrons. The lowest BCUT2D eigenvalue weighted by Crippen LogP contribution is -2.28. The maximum atomic E-state index is 12.9. The second-order valence-corrected chi connectivity index (χ2v) is 8.41. The number of aryl methyl sites for hydroxylation is 1. The van der Waals surface area contributed by atoms with Crippen LogP contribution in [-0.2, 0) is 16.2 Å². The minimum Gasteiger partial charge on any atom is -0.484 e. The van der Waals surface area contributed by atoms with Crippen LogP contribution in [0.1, 0.15) is 17.9 Å². The molecule has 3 aromatic carbocycles. The van der Waals surface area contributed by atoms with Crippen LogP contribution in [0.15, 0.2) is 83.3 Å². The van der Waals surface area contributed by atoms with Gasteiger partial charge in [0.05, 0.1) is 5.92 Å². The van der Waals surface area contributed by atoms with Gasteiger partial charge in [-0.1, -0.05) is 42.0 Å². The number of nitrogens with zero attached hydrogens (tertiary/aromatic N) is 3. The molecule has 0 spiro atoms. The molecule has 1 saturated heterocycles. The van der Waals surface area contributed by atoms with Gasteiger partial charge in [-0.2, -0.15) is 0 Å². The SMILES string of the molecule is Cc1ccc(N2CC(C(=O)Nc3cccc(OCc4nnc(-c5ccccc5)o4)c3)CC2=O)cc1. The molecule has 0 radical (unpaired) electrons. The first-order valence-corrected chi connectivity index (χ1v) is 11.3. The fraction of sp³-hybridized carbons (Fsp3) is 0.185. The van der Waals surface area contributed by atoms with Crippen LogP contribution < -0.4 is 15.0 Å². The van der Waals surface area contributed by atoms with Gasteiger partial charge in [0.1, 0.15) is 5.75 Å². The van der Waals surface area contributed by atoms with Crippen molar-refractivity contribution < 1.29 is 18.7 Å². The molecule has 8 heteroatoms. The third-order valence-corrected chi connectivity index (χ3v) is 5.79. The molecule has 2 amide bonds. The highest BCUT2D eigenvalue weighted by atomic mass is 16.5. The summed E-state index contributed by atoms with van der Waals surface area (Å²) in [6, 6.07) is 24.3. The second-order valence-electron chi connectivity index (χ2n) is 8.41. The Labute approximate surface area is 202 Å². The average molecular weight is 469 g/mol. The van der Waals surface area contributed by atoms with Gasteiger partial charge in [-0.05, 0) is 43.3 Å². The summed E-state index contributed by atoms with van der Waals surface area (Å²) in [6.07, 6.45) is 0.177. The van der Waals surface area contributed by atoms with Crippen molar-refractivity contribution in [2.45, 2.75) is 20.0 Å². The topological polar surface area (TPSA) is 97.6 Å². The summed E-state index contributed by atoms with van der Waals surface area (Å²) in [5.74, 6) is 0.638. The predicted octanol–water partition coefficient (Wildman–Crippen LogP) is 4.62. The summed E-state index contributed by atoms with van der Waals surface area (Å²) in [5.41, 5.74) is 3.35. The zero-order valence-electron chi connectivity index (χ0n) is 19.2. The molecule has 1 atom stereocenters. The van der Waals surface area contributed by atoms with Crippen molar-refractivity contribution in [2.75, 3.05) is 16.8 Å². The van der Waals surface area contributed by atoms with E-state index in [2.05, 4.69) is 15.5 Å². The first kappa shape index (κ1) is 22.3. The zero-order chi connectivity index (χ0) is 24.2. The summed E-state index contributed by atoms with van der Waals surface area (Å²) in [7, 11) is 0. The number of benzene rings is 3. The van der Waals surface area contributed by atoms with Crippen LogP contribution in [0.5, 0.6) is 5.75 Å². The number of nitrogens with one attached hydrogen (secondary N) is 1. The number of carbonyl (C=O) groups is 2. The minimum absolute atomic E-state index is 0.0551. The van der Waals surface area contributed by atoms with Gasteiger partial charge >= 0.3 is 0 Å². The number of hydrogen-bond donors (Lipinski definition) is 1. The van der Waals surface area contributed by atoms with Crippen LogP contribution in [-0.4, -0.2) is 28.6 Å². The number of hydrogen-bond acceptors (Lipinski definition) is 6. The number of aromatic nitrogens is 2. The van der Waals surface area contributed by atoms with Gasteiger partial charge < -0.3 is 19.4 Å². The van der Waals surface area contributed by atoms with Crippen LogP contribution >= 0.6 is 0 Å². The van der Waals surface area contributed by atoms with Crippen LogP contribution in [0.2, 0.25) is 0 Å². The van der Waals surface area contributed by atoms with Gasteiger partial charge in [0.2, 0.25) is 17.7 Å². The molecule has 1 fully saturated rings. The van der Waals surface area contributed by atoms with Crippen LogP contribution in [0.25, 0.3) is 11.5 Å². The molecular formula is C27H24N4O4. The number of amides is 2. The Kier molecular flexibility index (Phi) is 6.26. The Balaban J connectivity index is 1.18. The van der Waals surface area contributed by atoms with E-state index in [0.29, 0.717) is 29.8 Å². The van der Waals surface area contributed by atoms with Gasteiger partial charge in [-0.15, -0.1) is 10.2 Å². The Morgan fingerprint density at radius 1 is 1.06 bits per heavy atom. The molecule has 1 aliphatic heterocycles. The largest absolute Gasteiger partial charge is 0.484 e. The van der Waals surface area contributed by atoms with Gasteiger partial charge in [-0.3, -0.25) is 9.59 Å². The molecule has 1 aliphatic rings. The van der Waals surface area contributed by atoms with Crippen molar-refractivity contribution in [1.29, 1.82) is 0 Å². The fourth-order valence-electron chi connectivity index (χ4n) is 3.92. The van der Waals surface area contributed by atoms with Gasteiger partial charge in [0.15, 0.2) is 6.61 Å². The van der Waals surface area contributed by atoms with Crippen molar-refractivity contribution >= 4 is 23.2 Å². The highest BCUT2D eigenvalue weighted by Crippen LogP contribution is 2.27. The van der Waals surface area contributed by atoms with Gasteiger partial charge in [0.25, 0.3) is 5.89 Å². The summed E-state index contributed by atoms with van der Waals surface area (Å²) in [6.45, 7) is 2.44. The molecule has 1 aromatic heterocycles. The molecule has 5 rings (SSSR count). The van der Waals surface area contributed by atoms with Gasteiger partial charge in [0, 0.05) is 36.0 Å². The van der Waals surface area contributed by atoms with E-state index in [1.807, 2.05) is 61.5 Å². The third-order valence-electron chi connectivity index (χ3n) is 5.79. The Morgan fingerprint density at radius 2 is 1.86 bits per heavy atom. The molecule has 0 saturated carbocycles. The summed E-state index contributed by atoms with van der Waals surface area (Å²) in [4.78, 5) is 27.0. The van der Waals surface area contributed by atoms with E-state index in [0.717, 1.165) is 16.8 Å². The van der Waals surface area contributed by atoms with E-state index >= 15 is 0 Å². The van der Waals surface area contributed by atoms with Crippen molar-refractivity contribution in [3.05, 3.63) is 90.3 Å². The normalized spacial score (nSPS) is 15.3. The molecule has 0 aliphatic carbocycles. The maximum absolute atomic E-state index is 12.9. The number of carbonyl (C=O) groups excluding carboxylic acids is 2. The number of ether oxygens (including phenoxy) is 1. The van der Waals surface area contributed by atoms with Crippen molar-refractivity contribution in [3.63, 3.8) is 0 Å². The Bertz CT molecular complexity index is 1330. The van der Waals surface area contributed by atoms with Crippen molar-refractivity contribution in [2.24, 2.45) is 5.92 Å². The highest BCUT2D eigenvalue weighted by molar-refractivity contribution is 6.03. The van der Waals surface area contributed by atoms with E-state index in [-0.39, 0.29) is 24.8 Å². The molecule has 1 unspecified atom stereocenters. The standard InChI is InChI=1S/C27H24N4O4/c1-18-10-12-22(13-11-18)31-16-20(14-25(31)32)26(33)28-21-8-5-9-23(15-21)34-17-24-29-30-27(35-24)19-6-3-2-4-7-19/h2-13,15,20H,14,16-17H2,1H3,(H,28,33). The smallest absolute Gasteiger partial charge is 0.254 e. The summed E-state index contributed by atoms with van der Waals surface area (Å²) >= 11 is 0. The number of anilines is 2. The first-order chi connectivity index (χ1) is 17.0. The Morgan fingerprint density at radius 3 is 2.66 bits per heavy atom. The average Bonchev–Trinajstić information content (AvgIpc) is 3.51. The minimum atomic E-state index is -0.428. The predicted molar refractivity (Wildman–Crippen MR) is 131 cm³/mol. The Hall–Kier alpha value is -4.46. The molecule has 1 N–H and O–H groups in total. The van der Waals surface area contributed by atoms with Gasteiger partial charge in [-0.25, -0.2) is 0 Å². The van der Waals surface area contributed by atoms with E-state index in [4.69, 9.17) is 9.15 Å². The summed E-state index contributed by atoms with van der Waals surface area (Å²) < 4.78 is 11.4. The zero-order valence-corrected chi connectivity index (χ0v) is 19.2. The van der Waals surface area contributed by atoms with Crippen molar-refractivity contribution in [3.8, 4) is 17.2 Å². The lowest BCUT2D eigenvalue weighted by atomic mass is 10.1. The maximum Gasteiger partial charge on any atom is 0.254 e. The van der Waals surface area contributed by atoms with Crippen molar-refractivity contribution in [1.82, 2.24) is 10.2 Å². The molecule has 0 bridgehead atoms. The van der Waals surface area contributed by atoms with Crippen LogP contribution in [0.3, 0.4) is 0 Å². The molecule has 2 heterocycles. The fourth-order valence-corrected chi connectivity index (χ4v) is 3.92. The lowest BCUT2D eigenvalue weighted by molar-refractivity contribution is -0.122. The van der Waals surface area contributed by atoms with E-state index in [9.17, 15) is 9.59 Å². The lowest BCUT2D eigenvalue weighted by Gasteiger charge is -2.17. The van der Waals surface area contributed by atoms with E-state index in [1.165, 1.54) is 0 Å². The quantitative estimate of drug-likeness (QED) is 0.425. The molecule has 4 aromatic rings. The van der Waals surface area contributed by atoms with Crippen LogP contribution in [0.4, 0.5) is 11.4 Å². The van der Waals surface area contributed by atoms with E-state index < -0.39 is 5.92 Å². The molecule has 8 nitrogen and oxygen atoms in total. The van der Waals surface area contributed by atoms with Crippen LogP contribution in [0, 0.1) is 12.8 Å². The second kappa shape index (κ2) is 9.80. The summed E-state index contributed by atoms with van der Waals surface area (Å²) in [5, 5.41) is 11.0. The molecule has 35 heavy (non-hydrogen) atoms. The number of rotatable bonds is 7. The monoisotopic (exact) mass is 468 g/mol.